The number of halogens is 1. The molecule has 78 valence electrons. The standard InChI is InChI=1S/C10H15IN2S/c11-9-5-12-13(6-9)7-10(8-14)3-1-2-4-10/h5-6,14H,1-4,7-8H2. The zero-order chi connectivity index (χ0) is 10.0. The lowest BCUT2D eigenvalue weighted by molar-refractivity contribution is 0.276. The summed E-state index contributed by atoms with van der Waals surface area (Å²) in [6.07, 6.45) is 9.38. The maximum atomic E-state index is 4.50. The Labute approximate surface area is 104 Å². The molecule has 0 spiro atoms. The van der Waals surface area contributed by atoms with Gasteiger partial charge >= 0.3 is 0 Å². The summed E-state index contributed by atoms with van der Waals surface area (Å²) in [6, 6.07) is 0. The van der Waals surface area contributed by atoms with Crippen molar-refractivity contribution in [3.05, 3.63) is 16.0 Å². The van der Waals surface area contributed by atoms with E-state index in [4.69, 9.17) is 0 Å². The Morgan fingerprint density at radius 1 is 1.50 bits per heavy atom. The molecule has 0 radical (unpaired) electrons. The summed E-state index contributed by atoms with van der Waals surface area (Å²) in [4.78, 5) is 0. The third kappa shape index (κ3) is 2.27. The minimum Gasteiger partial charge on any atom is -0.271 e. The first kappa shape index (κ1) is 10.8. The highest BCUT2D eigenvalue weighted by molar-refractivity contribution is 14.1. The molecule has 0 N–H and O–H groups in total. The van der Waals surface area contributed by atoms with Crippen LogP contribution in [0.25, 0.3) is 0 Å². The molecule has 0 aliphatic heterocycles. The Kier molecular flexibility index (Phi) is 3.42. The van der Waals surface area contributed by atoms with Crippen LogP contribution >= 0.6 is 35.2 Å². The molecule has 0 atom stereocenters. The highest BCUT2D eigenvalue weighted by Crippen LogP contribution is 2.40. The summed E-state index contributed by atoms with van der Waals surface area (Å²) in [7, 11) is 0. The average Bonchev–Trinajstić information content (AvgIpc) is 2.77. The van der Waals surface area contributed by atoms with Crippen molar-refractivity contribution in [3.8, 4) is 0 Å². The van der Waals surface area contributed by atoms with Gasteiger partial charge in [0.05, 0.1) is 9.77 Å². The van der Waals surface area contributed by atoms with Crippen LogP contribution in [0.2, 0.25) is 0 Å². The second-order valence-corrected chi connectivity index (χ2v) is 5.78. The van der Waals surface area contributed by atoms with Crippen molar-refractivity contribution in [2.24, 2.45) is 5.41 Å². The fourth-order valence-corrected chi connectivity index (χ4v) is 3.12. The summed E-state index contributed by atoms with van der Waals surface area (Å²) in [6.45, 7) is 1.04. The van der Waals surface area contributed by atoms with E-state index in [2.05, 4.69) is 51.2 Å². The molecule has 2 nitrogen and oxygen atoms in total. The average molecular weight is 322 g/mol. The van der Waals surface area contributed by atoms with Crippen LogP contribution in [-0.2, 0) is 6.54 Å². The highest BCUT2D eigenvalue weighted by Gasteiger charge is 2.32. The van der Waals surface area contributed by atoms with E-state index in [-0.39, 0.29) is 0 Å². The quantitative estimate of drug-likeness (QED) is 0.669. The number of aromatic nitrogens is 2. The Balaban J connectivity index is 2.08. The van der Waals surface area contributed by atoms with Gasteiger partial charge in [-0.2, -0.15) is 17.7 Å². The van der Waals surface area contributed by atoms with E-state index >= 15 is 0 Å². The number of nitrogens with zero attached hydrogens (tertiary/aromatic N) is 2. The van der Waals surface area contributed by atoms with Crippen molar-refractivity contribution < 1.29 is 0 Å². The van der Waals surface area contributed by atoms with Crippen LogP contribution < -0.4 is 0 Å². The normalized spacial score (nSPS) is 20.1. The summed E-state index contributed by atoms with van der Waals surface area (Å²) >= 11 is 6.80. The van der Waals surface area contributed by atoms with Gasteiger partial charge in [-0.15, -0.1) is 0 Å². The molecule has 1 fully saturated rings. The van der Waals surface area contributed by atoms with Gasteiger partial charge in [-0.25, -0.2) is 0 Å². The molecule has 14 heavy (non-hydrogen) atoms. The topological polar surface area (TPSA) is 17.8 Å². The first-order valence-electron chi connectivity index (χ1n) is 5.03. The van der Waals surface area contributed by atoms with Crippen LogP contribution in [-0.4, -0.2) is 15.5 Å². The summed E-state index contributed by atoms with van der Waals surface area (Å²) < 4.78 is 3.29. The van der Waals surface area contributed by atoms with E-state index in [1.165, 1.54) is 29.3 Å². The van der Waals surface area contributed by atoms with Gasteiger partial charge in [0.25, 0.3) is 0 Å². The van der Waals surface area contributed by atoms with E-state index < -0.39 is 0 Å². The largest absolute Gasteiger partial charge is 0.271 e. The van der Waals surface area contributed by atoms with Gasteiger partial charge in [-0.05, 0) is 46.6 Å². The van der Waals surface area contributed by atoms with Crippen molar-refractivity contribution in [1.82, 2.24) is 9.78 Å². The van der Waals surface area contributed by atoms with E-state index in [0.717, 1.165) is 12.3 Å². The van der Waals surface area contributed by atoms with Crippen molar-refractivity contribution in [2.75, 3.05) is 5.75 Å². The first-order valence-corrected chi connectivity index (χ1v) is 6.74. The van der Waals surface area contributed by atoms with Crippen LogP contribution in [0, 0.1) is 8.99 Å². The third-order valence-electron chi connectivity index (χ3n) is 3.10. The van der Waals surface area contributed by atoms with E-state index in [1.54, 1.807) is 0 Å². The minimum atomic E-state index is 0.415. The molecule has 1 aliphatic rings. The van der Waals surface area contributed by atoms with Crippen LogP contribution in [0.1, 0.15) is 25.7 Å². The summed E-state index contributed by atoms with van der Waals surface area (Å²) in [5, 5.41) is 4.35. The second kappa shape index (κ2) is 4.43. The number of rotatable bonds is 3. The molecule has 1 saturated carbocycles. The number of hydrogen-bond acceptors (Lipinski definition) is 2. The lowest BCUT2D eigenvalue weighted by Crippen LogP contribution is -2.25. The maximum Gasteiger partial charge on any atom is 0.0623 e. The molecule has 0 saturated heterocycles. The summed E-state index contributed by atoms with van der Waals surface area (Å²) in [5.74, 6) is 0.990. The van der Waals surface area contributed by atoms with E-state index in [9.17, 15) is 0 Å². The van der Waals surface area contributed by atoms with Gasteiger partial charge in [-0.1, -0.05) is 12.8 Å². The molecule has 0 aromatic carbocycles. The molecule has 0 bridgehead atoms. The fourth-order valence-electron chi connectivity index (χ4n) is 2.26. The van der Waals surface area contributed by atoms with E-state index in [0.29, 0.717) is 5.41 Å². The first-order chi connectivity index (χ1) is 6.74. The lowest BCUT2D eigenvalue weighted by atomic mass is 9.88. The Hall–Kier alpha value is 0.290. The second-order valence-electron chi connectivity index (χ2n) is 4.22. The smallest absolute Gasteiger partial charge is 0.0623 e. The van der Waals surface area contributed by atoms with Gasteiger partial charge in [0, 0.05) is 12.7 Å². The molecule has 1 aliphatic carbocycles. The van der Waals surface area contributed by atoms with Gasteiger partial charge in [0.15, 0.2) is 0 Å². The Bertz CT molecular complexity index is 305. The minimum absolute atomic E-state index is 0.415. The molecule has 2 rings (SSSR count). The van der Waals surface area contributed by atoms with E-state index in [1.807, 2.05) is 6.20 Å². The van der Waals surface area contributed by atoms with Crippen LogP contribution in [0.4, 0.5) is 0 Å². The predicted octanol–water partition coefficient (Wildman–Crippen LogP) is 2.98. The van der Waals surface area contributed by atoms with Crippen LogP contribution in [0.15, 0.2) is 12.4 Å². The van der Waals surface area contributed by atoms with Crippen molar-refractivity contribution in [1.29, 1.82) is 0 Å². The number of thiol groups is 1. The van der Waals surface area contributed by atoms with Crippen molar-refractivity contribution in [2.45, 2.75) is 32.2 Å². The molecule has 1 heterocycles. The molecule has 0 amide bonds. The number of hydrogen-bond donors (Lipinski definition) is 1. The van der Waals surface area contributed by atoms with Crippen LogP contribution in [0.3, 0.4) is 0 Å². The molecule has 1 aromatic heterocycles. The maximum absolute atomic E-state index is 4.50. The van der Waals surface area contributed by atoms with Gasteiger partial charge in [0.2, 0.25) is 0 Å². The Morgan fingerprint density at radius 3 is 2.71 bits per heavy atom. The SMILES string of the molecule is SCC1(Cn2cc(I)cn2)CCCC1. The fraction of sp³-hybridized carbons (Fsp3) is 0.700. The van der Waals surface area contributed by atoms with Gasteiger partial charge in [-0.3, -0.25) is 4.68 Å². The lowest BCUT2D eigenvalue weighted by Gasteiger charge is -2.26. The zero-order valence-corrected chi connectivity index (χ0v) is 11.2. The highest BCUT2D eigenvalue weighted by atomic mass is 127. The predicted molar refractivity (Wildman–Crippen MR) is 69.7 cm³/mol. The van der Waals surface area contributed by atoms with Gasteiger partial charge in [0.1, 0.15) is 0 Å². The van der Waals surface area contributed by atoms with Crippen molar-refractivity contribution >= 4 is 35.2 Å². The Morgan fingerprint density at radius 2 is 2.21 bits per heavy atom. The third-order valence-corrected chi connectivity index (χ3v) is 4.33. The molecular formula is C10H15IN2S. The van der Waals surface area contributed by atoms with Crippen molar-refractivity contribution in [3.63, 3.8) is 0 Å². The van der Waals surface area contributed by atoms with Gasteiger partial charge < -0.3 is 0 Å². The molecule has 1 aromatic rings. The molecule has 0 unspecified atom stereocenters. The van der Waals surface area contributed by atoms with Crippen LogP contribution in [0.5, 0.6) is 0 Å². The summed E-state index contributed by atoms with van der Waals surface area (Å²) in [5.41, 5.74) is 0.415. The monoisotopic (exact) mass is 322 g/mol. The molecule has 4 heteroatoms. The zero-order valence-electron chi connectivity index (χ0n) is 8.12. The molecular weight excluding hydrogens is 307 g/mol.